The van der Waals surface area contributed by atoms with Crippen molar-refractivity contribution in [3.63, 3.8) is 0 Å². The minimum absolute atomic E-state index is 0.0866. The van der Waals surface area contributed by atoms with E-state index in [0.29, 0.717) is 45.7 Å². The standard InChI is InChI=1S/C18H32N4O4S/c1-27(25,26)22-10-6-7-16(22)18(24)21-13-11-19(12-14-21)15-17(23)20-8-4-2-3-5-9-20/h16H,2-15H2,1H3. The molecule has 3 aliphatic rings. The minimum Gasteiger partial charge on any atom is -0.342 e. The zero-order valence-electron chi connectivity index (χ0n) is 16.3. The van der Waals surface area contributed by atoms with Gasteiger partial charge in [0.1, 0.15) is 6.04 Å². The molecule has 0 aromatic heterocycles. The van der Waals surface area contributed by atoms with E-state index in [-0.39, 0.29) is 11.8 Å². The van der Waals surface area contributed by atoms with Crippen LogP contribution >= 0.6 is 0 Å². The Kier molecular flexibility index (Phi) is 6.75. The van der Waals surface area contributed by atoms with Crippen molar-refractivity contribution >= 4 is 21.8 Å². The van der Waals surface area contributed by atoms with E-state index >= 15 is 0 Å². The number of carbonyl (C=O) groups excluding carboxylic acids is 2. The molecule has 8 nitrogen and oxygen atoms in total. The fraction of sp³-hybridized carbons (Fsp3) is 0.889. The van der Waals surface area contributed by atoms with E-state index in [2.05, 4.69) is 4.90 Å². The summed E-state index contributed by atoms with van der Waals surface area (Å²) in [5.74, 6) is 0.104. The number of hydrogen-bond donors (Lipinski definition) is 0. The minimum atomic E-state index is -3.35. The average molecular weight is 401 g/mol. The monoisotopic (exact) mass is 400 g/mol. The molecular weight excluding hydrogens is 368 g/mol. The Morgan fingerprint density at radius 3 is 2.04 bits per heavy atom. The van der Waals surface area contributed by atoms with E-state index in [0.717, 1.165) is 32.4 Å². The van der Waals surface area contributed by atoms with Crippen molar-refractivity contribution in [2.24, 2.45) is 0 Å². The van der Waals surface area contributed by atoms with Crippen LogP contribution in [0.25, 0.3) is 0 Å². The van der Waals surface area contributed by atoms with Gasteiger partial charge in [0.25, 0.3) is 0 Å². The topological polar surface area (TPSA) is 81.2 Å². The molecule has 3 aliphatic heterocycles. The Balaban J connectivity index is 1.48. The molecule has 0 N–H and O–H groups in total. The van der Waals surface area contributed by atoms with E-state index in [1.807, 2.05) is 4.90 Å². The third kappa shape index (κ3) is 5.20. The molecule has 3 saturated heterocycles. The summed E-state index contributed by atoms with van der Waals surface area (Å²) in [5.41, 5.74) is 0. The lowest BCUT2D eigenvalue weighted by Crippen LogP contribution is -2.55. The molecule has 2 amide bonds. The van der Waals surface area contributed by atoms with Gasteiger partial charge in [0.2, 0.25) is 21.8 Å². The molecule has 0 spiro atoms. The maximum Gasteiger partial charge on any atom is 0.241 e. The molecule has 154 valence electrons. The molecule has 0 saturated carbocycles. The van der Waals surface area contributed by atoms with Gasteiger partial charge >= 0.3 is 0 Å². The first kappa shape index (κ1) is 20.5. The first-order valence-electron chi connectivity index (χ1n) is 10.1. The van der Waals surface area contributed by atoms with Crippen LogP contribution in [-0.4, -0.2) is 104 Å². The maximum atomic E-state index is 12.8. The van der Waals surface area contributed by atoms with Crippen LogP contribution in [0.5, 0.6) is 0 Å². The fourth-order valence-corrected chi connectivity index (χ4v) is 5.45. The third-order valence-corrected chi connectivity index (χ3v) is 7.21. The Hall–Kier alpha value is -1.19. The lowest BCUT2D eigenvalue weighted by atomic mass is 10.2. The maximum absolute atomic E-state index is 12.8. The number of piperazine rings is 1. The highest BCUT2D eigenvalue weighted by molar-refractivity contribution is 7.88. The summed E-state index contributed by atoms with van der Waals surface area (Å²) in [6.45, 7) is 5.01. The molecule has 3 fully saturated rings. The van der Waals surface area contributed by atoms with Gasteiger partial charge in [-0.2, -0.15) is 4.31 Å². The van der Waals surface area contributed by atoms with Crippen LogP contribution in [0.1, 0.15) is 38.5 Å². The summed E-state index contributed by atoms with van der Waals surface area (Å²) in [7, 11) is -3.35. The molecule has 0 aromatic carbocycles. The highest BCUT2D eigenvalue weighted by Gasteiger charge is 2.39. The first-order valence-corrected chi connectivity index (χ1v) is 12.0. The molecule has 0 aliphatic carbocycles. The van der Waals surface area contributed by atoms with E-state index in [1.165, 1.54) is 23.4 Å². The number of nitrogens with zero attached hydrogens (tertiary/aromatic N) is 4. The molecule has 1 unspecified atom stereocenters. The summed E-state index contributed by atoms with van der Waals surface area (Å²) in [5, 5.41) is 0. The van der Waals surface area contributed by atoms with Crippen LogP contribution in [0, 0.1) is 0 Å². The summed E-state index contributed by atoms with van der Waals surface area (Å²) >= 11 is 0. The van der Waals surface area contributed by atoms with Crippen molar-refractivity contribution in [1.29, 1.82) is 0 Å². The number of likely N-dealkylation sites (tertiary alicyclic amines) is 1. The van der Waals surface area contributed by atoms with Crippen molar-refractivity contribution in [3.05, 3.63) is 0 Å². The van der Waals surface area contributed by atoms with E-state index in [4.69, 9.17) is 0 Å². The van der Waals surface area contributed by atoms with Gasteiger partial charge in [0.05, 0.1) is 12.8 Å². The number of sulfonamides is 1. The van der Waals surface area contributed by atoms with E-state index in [9.17, 15) is 18.0 Å². The highest BCUT2D eigenvalue weighted by Crippen LogP contribution is 2.22. The quantitative estimate of drug-likeness (QED) is 0.661. The Morgan fingerprint density at radius 1 is 0.815 bits per heavy atom. The van der Waals surface area contributed by atoms with Gasteiger partial charge in [0.15, 0.2) is 0 Å². The van der Waals surface area contributed by atoms with Crippen LogP contribution in [0.4, 0.5) is 0 Å². The van der Waals surface area contributed by atoms with Crippen molar-refractivity contribution in [3.8, 4) is 0 Å². The van der Waals surface area contributed by atoms with Gasteiger partial charge < -0.3 is 9.80 Å². The number of rotatable bonds is 4. The number of hydrogen-bond acceptors (Lipinski definition) is 5. The zero-order chi connectivity index (χ0) is 19.4. The molecule has 3 heterocycles. The Labute approximate surface area is 162 Å². The molecule has 0 bridgehead atoms. The van der Waals surface area contributed by atoms with Gasteiger partial charge in [-0.05, 0) is 25.7 Å². The van der Waals surface area contributed by atoms with Crippen LogP contribution in [0.15, 0.2) is 0 Å². The smallest absolute Gasteiger partial charge is 0.241 e. The van der Waals surface area contributed by atoms with Gasteiger partial charge in [-0.3, -0.25) is 14.5 Å². The average Bonchev–Trinajstić information content (AvgIpc) is 2.98. The van der Waals surface area contributed by atoms with Crippen molar-refractivity contribution < 1.29 is 18.0 Å². The second kappa shape index (κ2) is 8.87. The fourth-order valence-electron chi connectivity index (χ4n) is 4.33. The Bertz CT molecular complexity index is 638. The normalized spacial score (nSPS) is 26.2. The van der Waals surface area contributed by atoms with Gasteiger partial charge in [-0.1, -0.05) is 12.8 Å². The number of carbonyl (C=O) groups is 2. The second-order valence-corrected chi connectivity index (χ2v) is 9.86. The van der Waals surface area contributed by atoms with Crippen LogP contribution in [0.2, 0.25) is 0 Å². The molecule has 9 heteroatoms. The predicted octanol–water partition coefficient (Wildman–Crippen LogP) is -0.0428. The summed E-state index contributed by atoms with van der Waals surface area (Å²) < 4.78 is 25.1. The van der Waals surface area contributed by atoms with Gasteiger partial charge in [-0.25, -0.2) is 8.42 Å². The van der Waals surface area contributed by atoms with Gasteiger partial charge in [0, 0.05) is 45.8 Å². The third-order valence-electron chi connectivity index (χ3n) is 5.92. The summed E-state index contributed by atoms with van der Waals surface area (Å²) in [6.07, 6.45) is 7.09. The van der Waals surface area contributed by atoms with Crippen molar-refractivity contribution in [2.45, 2.75) is 44.6 Å². The molecule has 0 radical (unpaired) electrons. The largest absolute Gasteiger partial charge is 0.342 e. The zero-order valence-corrected chi connectivity index (χ0v) is 17.1. The number of amides is 2. The van der Waals surface area contributed by atoms with Crippen LogP contribution < -0.4 is 0 Å². The summed E-state index contributed by atoms with van der Waals surface area (Å²) in [6, 6.07) is -0.551. The molecule has 27 heavy (non-hydrogen) atoms. The molecule has 3 rings (SSSR count). The Morgan fingerprint density at radius 2 is 1.44 bits per heavy atom. The van der Waals surface area contributed by atoms with E-state index < -0.39 is 16.1 Å². The van der Waals surface area contributed by atoms with Crippen molar-refractivity contribution in [1.82, 2.24) is 19.0 Å². The lowest BCUT2D eigenvalue weighted by molar-refractivity contribution is -0.137. The van der Waals surface area contributed by atoms with Gasteiger partial charge in [-0.15, -0.1) is 0 Å². The molecule has 1 atom stereocenters. The summed E-state index contributed by atoms with van der Waals surface area (Å²) in [4.78, 5) is 31.2. The SMILES string of the molecule is CS(=O)(=O)N1CCCC1C(=O)N1CCN(CC(=O)N2CCCCCC2)CC1. The van der Waals surface area contributed by atoms with E-state index in [1.54, 1.807) is 4.90 Å². The highest BCUT2D eigenvalue weighted by atomic mass is 32.2. The molecular formula is C18H32N4O4S. The lowest BCUT2D eigenvalue weighted by Gasteiger charge is -2.37. The van der Waals surface area contributed by atoms with Crippen LogP contribution in [-0.2, 0) is 19.6 Å². The predicted molar refractivity (Wildman–Crippen MR) is 103 cm³/mol. The molecule has 0 aromatic rings. The second-order valence-electron chi connectivity index (χ2n) is 7.93. The van der Waals surface area contributed by atoms with Crippen LogP contribution in [0.3, 0.4) is 0 Å². The first-order chi connectivity index (χ1) is 12.9. The van der Waals surface area contributed by atoms with Crippen molar-refractivity contribution in [2.75, 3.05) is 58.6 Å².